The average Bonchev–Trinajstić information content (AvgIpc) is 1.87. The monoisotopic (exact) mass is 143 g/mol. The SMILES string of the molecule is C=C(CC(C)OC)C(=O)[O-]. The van der Waals surface area contributed by atoms with Crippen molar-refractivity contribution in [2.24, 2.45) is 0 Å². The molecule has 0 saturated carbocycles. The van der Waals surface area contributed by atoms with Crippen molar-refractivity contribution in [3.05, 3.63) is 12.2 Å². The Kier molecular flexibility index (Phi) is 3.72. The van der Waals surface area contributed by atoms with Gasteiger partial charge in [0.15, 0.2) is 0 Å². The summed E-state index contributed by atoms with van der Waals surface area (Å²) < 4.78 is 4.82. The summed E-state index contributed by atoms with van der Waals surface area (Å²) in [5.74, 6) is -1.20. The fraction of sp³-hybridized carbons (Fsp3) is 0.571. The quantitative estimate of drug-likeness (QED) is 0.508. The Morgan fingerprint density at radius 3 is 2.60 bits per heavy atom. The number of carbonyl (C=O) groups excluding carboxylic acids is 1. The fourth-order valence-electron chi connectivity index (χ4n) is 0.514. The molecule has 1 unspecified atom stereocenters. The molecule has 0 amide bonds. The Morgan fingerprint density at radius 2 is 2.30 bits per heavy atom. The predicted molar refractivity (Wildman–Crippen MR) is 35.2 cm³/mol. The summed E-state index contributed by atoms with van der Waals surface area (Å²) in [6.45, 7) is 5.07. The lowest BCUT2D eigenvalue weighted by atomic mass is 10.1. The van der Waals surface area contributed by atoms with Crippen molar-refractivity contribution in [3.63, 3.8) is 0 Å². The zero-order valence-electron chi connectivity index (χ0n) is 6.22. The number of hydrogen-bond donors (Lipinski definition) is 0. The van der Waals surface area contributed by atoms with E-state index in [-0.39, 0.29) is 11.7 Å². The molecule has 0 aromatic heterocycles. The van der Waals surface area contributed by atoms with Crippen LogP contribution in [-0.2, 0) is 9.53 Å². The van der Waals surface area contributed by atoms with Gasteiger partial charge in [-0.05, 0) is 18.9 Å². The van der Waals surface area contributed by atoms with Crippen LogP contribution in [0.3, 0.4) is 0 Å². The Bertz CT molecular complexity index is 140. The van der Waals surface area contributed by atoms with Crippen molar-refractivity contribution < 1.29 is 14.6 Å². The molecule has 0 aromatic carbocycles. The minimum Gasteiger partial charge on any atom is -0.545 e. The Labute approximate surface area is 60.3 Å². The molecule has 0 bridgehead atoms. The van der Waals surface area contributed by atoms with E-state index in [1.807, 2.05) is 0 Å². The highest BCUT2D eigenvalue weighted by molar-refractivity contribution is 5.83. The van der Waals surface area contributed by atoms with Crippen molar-refractivity contribution in [3.8, 4) is 0 Å². The zero-order chi connectivity index (χ0) is 8.15. The first kappa shape index (κ1) is 9.17. The Morgan fingerprint density at radius 1 is 1.80 bits per heavy atom. The molecule has 0 fully saturated rings. The van der Waals surface area contributed by atoms with Crippen molar-refractivity contribution in [1.29, 1.82) is 0 Å². The molecule has 10 heavy (non-hydrogen) atoms. The topological polar surface area (TPSA) is 49.4 Å². The van der Waals surface area contributed by atoms with Crippen molar-refractivity contribution in [1.82, 2.24) is 0 Å². The molecule has 0 aliphatic rings. The standard InChI is InChI=1S/C7H12O3/c1-5(7(8)9)4-6(2)10-3/h6H,1,4H2,2-3H3,(H,8,9)/p-1. The van der Waals surface area contributed by atoms with Crippen LogP contribution in [0.15, 0.2) is 12.2 Å². The third-order valence-corrected chi connectivity index (χ3v) is 1.22. The fourth-order valence-corrected chi connectivity index (χ4v) is 0.514. The van der Waals surface area contributed by atoms with E-state index in [0.29, 0.717) is 6.42 Å². The number of carboxylic acids is 1. The van der Waals surface area contributed by atoms with Crippen molar-refractivity contribution >= 4 is 5.97 Å². The van der Waals surface area contributed by atoms with Gasteiger partial charge in [-0.2, -0.15) is 0 Å². The maximum atomic E-state index is 10.1. The number of aliphatic carboxylic acids is 1. The van der Waals surface area contributed by atoms with Gasteiger partial charge in [-0.1, -0.05) is 6.58 Å². The molecular weight excluding hydrogens is 132 g/mol. The molecule has 3 nitrogen and oxygen atoms in total. The van der Waals surface area contributed by atoms with Crippen LogP contribution in [0.1, 0.15) is 13.3 Å². The van der Waals surface area contributed by atoms with E-state index < -0.39 is 5.97 Å². The van der Waals surface area contributed by atoms with Crippen molar-refractivity contribution in [2.45, 2.75) is 19.4 Å². The zero-order valence-corrected chi connectivity index (χ0v) is 6.22. The Balaban J connectivity index is 3.68. The molecule has 0 aromatic rings. The molecule has 0 aliphatic heterocycles. The first-order valence-electron chi connectivity index (χ1n) is 2.99. The number of methoxy groups -OCH3 is 1. The molecule has 0 aliphatic carbocycles. The van der Waals surface area contributed by atoms with Gasteiger partial charge in [0.25, 0.3) is 0 Å². The number of carbonyl (C=O) groups is 1. The summed E-state index contributed by atoms with van der Waals surface area (Å²) >= 11 is 0. The van der Waals surface area contributed by atoms with Gasteiger partial charge in [-0.25, -0.2) is 0 Å². The first-order valence-corrected chi connectivity index (χ1v) is 2.99. The van der Waals surface area contributed by atoms with Gasteiger partial charge in [-0.3, -0.25) is 0 Å². The molecule has 0 saturated heterocycles. The lowest BCUT2D eigenvalue weighted by molar-refractivity contribution is -0.299. The van der Waals surface area contributed by atoms with Gasteiger partial charge in [0, 0.05) is 7.11 Å². The van der Waals surface area contributed by atoms with Gasteiger partial charge < -0.3 is 14.6 Å². The molecule has 1 atom stereocenters. The third-order valence-electron chi connectivity index (χ3n) is 1.22. The lowest BCUT2D eigenvalue weighted by Crippen LogP contribution is -2.25. The van der Waals surface area contributed by atoms with E-state index >= 15 is 0 Å². The molecule has 0 rings (SSSR count). The minimum atomic E-state index is -1.20. The number of carboxylic acid groups (broad SMARTS) is 1. The molecular formula is C7H11O3-. The van der Waals surface area contributed by atoms with Gasteiger partial charge in [0.1, 0.15) is 0 Å². The highest BCUT2D eigenvalue weighted by Crippen LogP contribution is 2.03. The van der Waals surface area contributed by atoms with Crippen LogP contribution >= 0.6 is 0 Å². The Hall–Kier alpha value is -0.830. The first-order chi connectivity index (χ1) is 4.57. The van der Waals surface area contributed by atoms with E-state index in [0.717, 1.165) is 0 Å². The number of hydrogen-bond acceptors (Lipinski definition) is 3. The van der Waals surface area contributed by atoms with Crippen LogP contribution in [0.25, 0.3) is 0 Å². The average molecular weight is 143 g/mol. The second-order valence-corrected chi connectivity index (χ2v) is 2.14. The normalized spacial score (nSPS) is 12.6. The largest absolute Gasteiger partial charge is 0.545 e. The summed E-state index contributed by atoms with van der Waals surface area (Å²) in [7, 11) is 1.52. The highest BCUT2D eigenvalue weighted by atomic mass is 16.5. The van der Waals surface area contributed by atoms with E-state index in [1.54, 1.807) is 6.92 Å². The van der Waals surface area contributed by atoms with Crippen LogP contribution in [0.2, 0.25) is 0 Å². The number of rotatable bonds is 4. The molecule has 0 N–H and O–H groups in total. The maximum absolute atomic E-state index is 10.1. The van der Waals surface area contributed by atoms with Gasteiger partial charge >= 0.3 is 0 Å². The van der Waals surface area contributed by atoms with E-state index in [9.17, 15) is 9.90 Å². The minimum absolute atomic E-state index is 0.0781. The maximum Gasteiger partial charge on any atom is 0.0669 e. The summed E-state index contributed by atoms with van der Waals surface area (Å²) in [4.78, 5) is 10.1. The second-order valence-electron chi connectivity index (χ2n) is 2.14. The smallest absolute Gasteiger partial charge is 0.0669 e. The van der Waals surface area contributed by atoms with E-state index in [1.165, 1.54) is 7.11 Å². The molecule has 0 spiro atoms. The molecule has 0 radical (unpaired) electrons. The van der Waals surface area contributed by atoms with Crippen LogP contribution in [0, 0.1) is 0 Å². The van der Waals surface area contributed by atoms with Crippen LogP contribution in [0.5, 0.6) is 0 Å². The van der Waals surface area contributed by atoms with Crippen LogP contribution in [-0.4, -0.2) is 19.2 Å². The molecule has 58 valence electrons. The van der Waals surface area contributed by atoms with Gasteiger partial charge in [-0.15, -0.1) is 0 Å². The van der Waals surface area contributed by atoms with Gasteiger partial charge in [0.2, 0.25) is 0 Å². The summed E-state index contributed by atoms with van der Waals surface area (Å²) in [6, 6.07) is 0. The highest BCUT2D eigenvalue weighted by Gasteiger charge is 2.01. The summed E-state index contributed by atoms with van der Waals surface area (Å²) in [5, 5.41) is 10.1. The van der Waals surface area contributed by atoms with E-state index in [4.69, 9.17) is 4.74 Å². The van der Waals surface area contributed by atoms with E-state index in [2.05, 4.69) is 6.58 Å². The lowest BCUT2D eigenvalue weighted by Gasteiger charge is -2.11. The number of ether oxygens (including phenoxy) is 1. The molecule has 0 heterocycles. The predicted octanol–water partition coefficient (Wildman–Crippen LogP) is -0.282. The third kappa shape index (κ3) is 3.25. The van der Waals surface area contributed by atoms with Crippen molar-refractivity contribution in [2.75, 3.05) is 7.11 Å². The summed E-state index contributed by atoms with van der Waals surface area (Å²) in [6.07, 6.45) is 0.212. The van der Waals surface area contributed by atoms with Crippen LogP contribution < -0.4 is 5.11 Å². The summed E-state index contributed by atoms with van der Waals surface area (Å²) in [5.41, 5.74) is 0.0781. The second kappa shape index (κ2) is 4.06. The molecule has 3 heteroatoms. The van der Waals surface area contributed by atoms with Crippen LogP contribution in [0.4, 0.5) is 0 Å². The van der Waals surface area contributed by atoms with Gasteiger partial charge in [0.05, 0.1) is 12.1 Å².